The Bertz CT molecular complexity index is 1470. The maximum atomic E-state index is 15.5. The number of hydrogen-bond donors (Lipinski definition) is 0. The third kappa shape index (κ3) is 4.98. The third-order valence-electron chi connectivity index (χ3n) is 6.28. The predicted octanol–water partition coefficient (Wildman–Crippen LogP) is 5.70. The number of rotatable bonds is 8. The molecule has 1 heterocycles. The minimum Gasteiger partial charge on any atom is -0.493 e. The van der Waals surface area contributed by atoms with Crippen molar-refractivity contribution in [3.8, 4) is 22.9 Å². The van der Waals surface area contributed by atoms with Crippen LogP contribution in [0.25, 0.3) is 11.1 Å². The summed E-state index contributed by atoms with van der Waals surface area (Å²) in [5.74, 6) is -2.11. The molecule has 0 unspecified atom stereocenters. The lowest BCUT2D eigenvalue weighted by Crippen LogP contribution is -2.27. The standard InChI is InChI=1S/C29H25F2N3O3/c1-4-26(35)21-10-17(8-9-24(21)30)28-25(31)11-20(12-27(28)37-5-2)29(36)34(3)16-19-7-6-18(13-32)22-14-33-15-23(19)22/h6-12,14H,4-5,15-16H2,1-3H3. The van der Waals surface area contributed by atoms with Crippen LogP contribution >= 0.6 is 0 Å². The van der Waals surface area contributed by atoms with E-state index in [0.717, 1.165) is 28.8 Å². The molecule has 6 nitrogen and oxygen atoms in total. The smallest absolute Gasteiger partial charge is 0.254 e. The molecule has 0 aromatic heterocycles. The molecule has 4 rings (SSSR count). The zero-order chi connectivity index (χ0) is 26.7. The molecule has 0 spiro atoms. The highest BCUT2D eigenvalue weighted by molar-refractivity contribution is 5.98. The van der Waals surface area contributed by atoms with Crippen LogP contribution in [0.4, 0.5) is 8.78 Å². The van der Waals surface area contributed by atoms with Gasteiger partial charge in [0.05, 0.1) is 35.9 Å². The summed E-state index contributed by atoms with van der Waals surface area (Å²) in [5.41, 5.74) is 3.31. The van der Waals surface area contributed by atoms with Gasteiger partial charge in [-0.15, -0.1) is 0 Å². The van der Waals surface area contributed by atoms with E-state index in [-0.39, 0.29) is 47.6 Å². The van der Waals surface area contributed by atoms with Crippen molar-refractivity contribution in [1.29, 1.82) is 5.26 Å². The molecular weight excluding hydrogens is 476 g/mol. The molecule has 1 aliphatic rings. The summed E-state index contributed by atoms with van der Waals surface area (Å²) in [6.45, 7) is 4.23. The Kier molecular flexibility index (Phi) is 7.44. The average Bonchev–Trinajstić information content (AvgIpc) is 3.39. The molecule has 3 aromatic rings. The van der Waals surface area contributed by atoms with E-state index in [9.17, 15) is 19.2 Å². The molecule has 188 valence electrons. The van der Waals surface area contributed by atoms with Gasteiger partial charge in [0.25, 0.3) is 5.91 Å². The summed E-state index contributed by atoms with van der Waals surface area (Å²) in [7, 11) is 1.61. The molecule has 1 aliphatic heterocycles. The van der Waals surface area contributed by atoms with Crippen LogP contribution in [0.15, 0.2) is 47.5 Å². The molecule has 0 atom stereocenters. The van der Waals surface area contributed by atoms with Gasteiger partial charge < -0.3 is 9.64 Å². The number of halogens is 2. The molecule has 8 heteroatoms. The second-order valence-corrected chi connectivity index (χ2v) is 8.64. The largest absolute Gasteiger partial charge is 0.493 e. The Morgan fingerprint density at radius 1 is 1.11 bits per heavy atom. The number of benzene rings is 3. The summed E-state index contributed by atoms with van der Waals surface area (Å²) in [4.78, 5) is 31.1. The maximum absolute atomic E-state index is 15.5. The fraction of sp³-hybridized carbons (Fsp3) is 0.241. The molecule has 3 aromatic carbocycles. The number of hydrogen-bond acceptors (Lipinski definition) is 5. The minimum absolute atomic E-state index is 0.0493. The van der Waals surface area contributed by atoms with Crippen LogP contribution in [0.5, 0.6) is 5.75 Å². The summed E-state index contributed by atoms with van der Waals surface area (Å²) in [6.07, 6.45) is 1.77. The third-order valence-corrected chi connectivity index (χ3v) is 6.28. The van der Waals surface area contributed by atoms with E-state index >= 15 is 4.39 Å². The normalized spacial score (nSPS) is 11.7. The van der Waals surface area contributed by atoms with Gasteiger partial charge in [-0.25, -0.2) is 8.78 Å². The number of nitrogens with zero attached hydrogens (tertiary/aromatic N) is 3. The molecule has 0 N–H and O–H groups in total. The lowest BCUT2D eigenvalue weighted by Gasteiger charge is -2.21. The van der Waals surface area contributed by atoms with Crippen LogP contribution in [0, 0.1) is 23.0 Å². The van der Waals surface area contributed by atoms with Crippen LogP contribution in [0.2, 0.25) is 0 Å². The Morgan fingerprint density at radius 3 is 2.59 bits per heavy atom. The molecule has 0 radical (unpaired) electrons. The van der Waals surface area contributed by atoms with Gasteiger partial charge in [0.1, 0.15) is 17.4 Å². The van der Waals surface area contributed by atoms with Gasteiger partial charge in [-0.2, -0.15) is 5.26 Å². The van der Waals surface area contributed by atoms with Crippen LogP contribution in [0.1, 0.15) is 63.2 Å². The Hall–Kier alpha value is -4.38. The summed E-state index contributed by atoms with van der Waals surface area (Å²) < 4.78 is 35.4. The van der Waals surface area contributed by atoms with Crippen molar-refractivity contribution in [2.45, 2.75) is 33.4 Å². The van der Waals surface area contributed by atoms with Gasteiger partial charge in [-0.05, 0) is 53.9 Å². The highest BCUT2D eigenvalue weighted by Crippen LogP contribution is 2.36. The summed E-state index contributed by atoms with van der Waals surface area (Å²) >= 11 is 0. The van der Waals surface area contributed by atoms with Crippen molar-refractivity contribution in [2.24, 2.45) is 4.99 Å². The van der Waals surface area contributed by atoms with Crippen molar-refractivity contribution in [3.05, 3.63) is 87.5 Å². The first kappa shape index (κ1) is 25.7. The Morgan fingerprint density at radius 2 is 1.89 bits per heavy atom. The van der Waals surface area contributed by atoms with E-state index in [1.165, 1.54) is 23.1 Å². The lowest BCUT2D eigenvalue weighted by molar-refractivity contribution is 0.0783. The van der Waals surface area contributed by atoms with E-state index in [0.29, 0.717) is 12.1 Å². The molecule has 0 aliphatic carbocycles. The number of fused-ring (bicyclic) bond motifs is 1. The molecule has 1 amide bonds. The fourth-order valence-electron chi connectivity index (χ4n) is 4.40. The zero-order valence-electron chi connectivity index (χ0n) is 20.8. The quantitative estimate of drug-likeness (QED) is 0.371. The molecular formula is C29H25F2N3O3. The minimum atomic E-state index is -0.725. The Labute approximate surface area is 213 Å². The number of amides is 1. The average molecular weight is 502 g/mol. The van der Waals surface area contributed by atoms with Gasteiger partial charge in [0.2, 0.25) is 0 Å². The topological polar surface area (TPSA) is 82.8 Å². The van der Waals surface area contributed by atoms with E-state index in [2.05, 4.69) is 11.1 Å². The van der Waals surface area contributed by atoms with Gasteiger partial charge in [-0.1, -0.05) is 19.1 Å². The molecule has 0 saturated carbocycles. The van der Waals surface area contributed by atoms with E-state index in [1.807, 2.05) is 0 Å². The first-order valence-electron chi connectivity index (χ1n) is 11.9. The molecule has 0 bridgehead atoms. The van der Waals surface area contributed by atoms with Gasteiger partial charge in [-0.3, -0.25) is 14.6 Å². The summed E-state index contributed by atoms with van der Waals surface area (Å²) in [6, 6.07) is 12.0. The number of aliphatic imine (C=N–C) groups is 1. The molecule has 37 heavy (non-hydrogen) atoms. The number of nitriles is 1. The predicted molar refractivity (Wildman–Crippen MR) is 136 cm³/mol. The van der Waals surface area contributed by atoms with Crippen molar-refractivity contribution in [2.75, 3.05) is 13.7 Å². The number of ether oxygens (including phenoxy) is 1. The second kappa shape index (κ2) is 10.7. The second-order valence-electron chi connectivity index (χ2n) is 8.64. The Balaban J connectivity index is 1.67. The van der Waals surface area contributed by atoms with Crippen molar-refractivity contribution >= 4 is 17.9 Å². The summed E-state index contributed by atoms with van der Waals surface area (Å²) in [5, 5.41) is 9.32. The van der Waals surface area contributed by atoms with Crippen LogP contribution in [-0.4, -0.2) is 36.5 Å². The van der Waals surface area contributed by atoms with Gasteiger partial charge >= 0.3 is 0 Å². The van der Waals surface area contributed by atoms with E-state index in [1.54, 1.807) is 39.2 Å². The number of Topliss-reactive ketones (excluding diaryl/α,β-unsaturated/α-hetero) is 1. The number of carbonyl (C=O) groups is 2. The first-order valence-corrected chi connectivity index (χ1v) is 11.9. The van der Waals surface area contributed by atoms with E-state index in [4.69, 9.17) is 4.74 Å². The van der Waals surface area contributed by atoms with E-state index < -0.39 is 23.3 Å². The van der Waals surface area contributed by atoms with Crippen LogP contribution < -0.4 is 4.74 Å². The van der Waals surface area contributed by atoms with Crippen molar-refractivity contribution in [1.82, 2.24) is 4.90 Å². The van der Waals surface area contributed by atoms with Gasteiger partial charge in [0.15, 0.2) is 5.78 Å². The number of carbonyl (C=O) groups excluding carboxylic acids is 2. The van der Waals surface area contributed by atoms with Gasteiger partial charge in [0, 0.05) is 37.4 Å². The van der Waals surface area contributed by atoms with Crippen molar-refractivity contribution < 1.29 is 23.1 Å². The molecule has 0 saturated heterocycles. The highest BCUT2D eigenvalue weighted by Gasteiger charge is 2.23. The monoisotopic (exact) mass is 501 g/mol. The maximum Gasteiger partial charge on any atom is 0.254 e. The first-order chi connectivity index (χ1) is 17.8. The number of ketones is 1. The zero-order valence-corrected chi connectivity index (χ0v) is 20.8. The van der Waals surface area contributed by atoms with Crippen LogP contribution in [0.3, 0.4) is 0 Å². The van der Waals surface area contributed by atoms with Crippen molar-refractivity contribution in [3.63, 3.8) is 0 Å². The lowest BCUT2D eigenvalue weighted by atomic mass is 9.97. The molecule has 0 fully saturated rings. The highest BCUT2D eigenvalue weighted by atomic mass is 19.1. The fourth-order valence-corrected chi connectivity index (χ4v) is 4.40. The van der Waals surface area contributed by atoms with Crippen LogP contribution in [-0.2, 0) is 13.1 Å². The SMILES string of the molecule is CCOc1cc(C(=O)N(C)Cc2ccc(C#N)c3c2CN=C3)cc(F)c1-c1ccc(F)c(C(=O)CC)c1.